The Bertz CT molecular complexity index is 639. The first-order chi connectivity index (χ1) is 16.0. The quantitative estimate of drug-likeness (QED) is 0.154. The van der Waals surface area contributed by atoms with Gasteiger partial charge < -0.3 is 79.9 Å². The average Bonchev–Trinajstić information content (AvgIpc) is 2.83. The lowest BCUT2D eigenvalue weighted by Gasteiger charge is -2.48. The molecular weight excluding hydrogens is 472 g/mol. The van der Waals surface area contributed by atoms with Crippen LogP contribution in [-0.2, 0) is 23.7 Å². The van der Waals surface area contributed by atoms with Crippen LogP contribution in [0, 0.1) is 0 Å². The fourth-order valence-corrected chi connectivity index (χ4v) is 4.02. The lowest BCUT2D eigenvalue weighted by Crippen LogP contribution is -2.66. The molecule has 0 aromatic rings. The Kier molecular flexibility index (Phi) is 9.54. The van der Waals surface area contributed by atoms with Crippen molar-refractivity contribution in [2.24, 2.45) is 0 Å². The van der Waals surface area contributed by atoms with Crippen LogP contribution >= 0.6 is 0 Å². The second kappa shape index (κ2) is 11.6. The van der Waals surface area contributed by atoms with Crippen molar-refractivity contribution in [1.82, 2.24) is 0 Å². The molecule has 3 heterocycles. The third-order valence-electron chi connectivity index (χ3n) is 6.10. The van der Waals surface area contributed by atoms with E-state index in [1.54, 1.807) is 0 Å². The largest absolute Gasteiger partial charge is 0.394 e. The third-order valence-corrected chi connectivity index (χ3v) is 6.10. The molecule has 34 heavy (non-hydrogen) atoms. The van der Waals surface area contributed by atoms with Gasteiger partial charge in [-0.15, -0.1) is 0 Å². The molecule has 3 aliphatic rings. The smallest absolute Gasteiger partial charge is 0.187 e. The number of aliphatic hydroxyl groups excluding tert-OH is 11. The Labute approximate surface area is 192 Å². The molecule has 0 bridgehead atoms. The predicted molar refractivity (Wildman–Crippen MR) is 101 cm³/mol. The molecule has 11 N–H and O–H groups in total. The van der Waals surface area contributed by atoms with Crippen molar-refractivity contribution in [1.29, 1.82) is 0 Å². The van der Waals surface area contributed by atoms with E-state index in [-0.39, 0.29) is 0 Å². The molecule has 3 rings (SSSR count). The zero-order valence-corrected chi connectivity index (χ0v) is 17.7. The van der Waals surface area contributed by atoms with Crippen molar-refractivity contribution < 1.29 is 79.9 Å². The van der Waals surface area contributed by atoms with E-state index in [0.717, 1.165) is 0 Å². The van der Waals surface area contributed by atoms with Crippen LogP contribution < -0.4 is 0 Å². The number of aliphatic hydroxyl groups is 11. The van der Waals surface area contributed by atoms with Crippen molar-refractivity contribution in [3.63, 3.8) is 0 Å². The maximum Gasteiger partial charge on any atom is 0.187 e. The molecule has 1 unspecified atom stereocenters. The van der Waals surface area contributed by atoms with Crippen molar-refractivity contribution in [3.8, 4) is 0 Å². The highest BCUT2D eigenvalue weighted by Gasteiger charge is 2.53. The van der Waals surface area contributed by atoms with Crippen molar-refractivity contribution >= 4 is 0 Å². The van der Waals surface area contributed by atoms with E-state index < -0.39 is 112 Å². The summed E-state index contributed by atoms with van der Waals surface area (Å²) < 4.78 is 26.5. The SMILES string of the molecule is OC[C@H]1O[C@H](O[C@@H]2[C@@H](O[C@@H]3C(O)O[C@H](CO)[C@@H](O)[C@@H]3O)O[C@H](CO)[C@@H](O)[C@@H]2O)[C@@H](O)[C@@H](O)[C@@H]1O. The number of ether oxygens (including phenoxy) is 5. The molecule has 0 radical (unpaired) electrons. The first-order valence-electron chi connectivity index (χ1n) is 10.6. The lowest BCUT2D eigenvalue weighted by atomic mass is 9.96. The molecule has 16 heteroatoms. The monoisotopic (exact) mass is 504 g/mol. The second-order valence-corrected chi connectivity index (χ2v) is 8.33. The summed E-state index contributed by atoms with van der Waals surface area (Å²) in [7, 11) is 0. The topological polar surface area (TPSA) is 269 Å². The first-order valence-corrected chi connectivity index (χ1v) is 10.6. The van der Waals surface area contributed by atoms with Gasteiger partial charge in [-0.25, -0.2) is 0 Å². The molecular formula is C18H32O16. The summed E-state index contributed by atoms with van der Waals surface area (Å²) >= 11 is 0. The van der Waals surface area contributed by atoms with Gasteiger partial charge >= 0.3 is 0 Å². The number of hydrogen-bond donors (Lipinski definition) is 11. The summed E-state index contributed by atoms with van der Waals surface area (Å²) in [6.45, 7) is -2.31. The van der Waals surface area contributed by atoms with Gasteiger partial charge in [0.2, 0.25) is 0 Å². The molecule has 200 valence electrons. The van der Waals surface area contributed by atoms with Gasteiger partial charge in [0.15, 0.2) is 18.9 Å². The highest BCUT2D eigenvalue weighted by molar-refractivity contribution is 4.95. The minimum atomic E-state index is -1.90. The Morgan fingerprint density at radius 3 is 1.38 bits per heavy atom. The van der Waals surface area contributed by atoms with E-state index in [0.29, 0.717) is 0 Å². The molecule has 3 saturated heterocycles. The van der Waals surface area contributed by atoms with Crippen LogP contribution in [0.2, 0.25) is 0 Å². The Morgan fingerprint density at radius 1 is 0.441 bits per heavy atom. The van der Waals surface area contributed by atoms with Gasteiger partial charge in [-0.1, -0.05) is 0 Å². The molecule has 0 spiro atoms. The molecule has 0 aromatic carbocycles. The van der Waals surface area contributed by atoms with Crippen LogP contribution in [0.5, 0.6) is 0 Å². The molecule has 0 saturated carbocycles. The van der Waals surface area contributed by atoms with Gasteiger partial charge in [0.05, 0.1) is 19.8 Å². The summed E-state index contributed by atoms with van der Waals surface area (Å²) in [5, 5.41) is 109. The zero-order chi connectivity index (χ0) is 25.3. The molecule has 0 aliphatic carbocycles. The van der Waals surface area contributed by atoms with E-state index in [1.807, 2.05) is 0 Å². The van der Waals surface area contributed by atoms with Gasteiger partial charge in [0.25, 0.3) is 0 Å². The number of rotatable bonds is 7. The van der Waals surface area contributed by atoms with Crippen LogP contribution in [0.4, 0.5) is 0 Å². The summed E-state index contributed by atoms with van der Waals surface area (Å²) in [6.07, 6.45) is -25.7. The van der Waals surface area contributed by atoms with Crippen LogP contribution in [0.1, 0.15) is 0 Å². The Morgan fingerprint density at radius 2 is 0.853 bits per heavy atom. The summed E-state index contributed by atoms with van der Waals surface area (Å²) in [4.78, 5) is 0. The molecule has 3 aliphatic heterocycles. The summed E-state index contributed by atoms with van der Waals surface area (Å²) in [6, 6.07) is 0. The lowest BCUT2D eigenvalue weighted by molar-refractivity contribution is -0.391. The van der Waals surface area contributed by atoms with Crippen molar-refractivity contribution in [2.75, 3.05) is 19.8 Å². The third kappa shape index (κ3) is 5.37. The Hall–Kier alpha value is -0.640. The average molecular weight is 504 g/mol. The van der Waals surface area contributed by atoms with E-state index in [4.69, 9.17) is 23.7 Å². The van der Waals surface area contributed by atoms with Gasteiger partial charge in [-0.3, -0.25) is 0 Å². The van der Waals surface area contributed by atoms with Gasteiger partial charge in [0, 0.05) is 0 Å². The second-order valence-electron chi connectivity index (χ2n) is 8.33. The van der Waals surface area contributed by atoms with Crippen molar-refractivity contribution in [3.05, 3.63) is 0 Å². The van der Waals surface area contributed by atoms with Crippen LogP contribution in [0.3, 0.4) is 0 Å². The Balaban J connectivity index is 1.82. The maximum atomic E-state index is 10.6. The fraction of sp³-hybridized carbons (Fsp3) is 1.00. The molecule has 15 atom stereocenters. The maximum absolute atomic E-state index is 10.6. The predicted octanol–water partition coefficient (Wildman–Crippen LogP) is -7.57. The fourth-order valence-electron chi connectivity index (χ4n) is 4.02. The van der Waals surface area contributed by atoms with E-state index in [1.165, 1.54) is 0 Å². The standard InChI is InChI=1S/C18H32O16/c19-1-4-8(23)11(26)14(16(29)30-4)33-18-15(12(27)9(24)6(3-21)32-18)34-17-13(28)10(25)7(22)5(2-20)31-17/h4-29H,1-3H2/t4-,5-,6-,7-,8-,9-,10+,11+,12+,13+,14+,15+,16?,17-,18-/m1/s1. The molecule has 0 aromatic heterocycles. The van der Waals surface area contributed by atoms with Crippen LogP contribution in [-0.4, -0.2) is 168 Å². The minimum Gasteiger partial charge on any atom is -0.394 e. The molecule has 16 nitrogen and oxygen atoms in total. The summed E-state index contributed by atoms with van der Waals surface area (Å²) in [5.41, 5.74) is 0. The molecule has 3 fully saturated rings. The first kappa shape index (κ1) is 27.9. The van der Waals surface area contributed by atoms with E-state index in [9.17, 15) is 56.2 Å². The summed E-state index contributed by atoms with van der Waals surface area (Å²) in [5.74, 6) is 0. The molecule has 0 amide bonds. The normalized spacial score (nSPS) is 52.5. The van der Waals surface area contributed by atoms with E-state index in [2.05, 4.69) is 0 Å². The van der Waals surface area contributed by atoms with E-state index >= 15 is 0 Å². The highest BCUT2D eigenvalue weighted by atomic mass is 16.8. The van der Waals surface area contributed by atoms with Gasteiger partial charge in [-0.05, 0) is 0 Å². The number of hydrogen-bond acceptors (Lipinski definition) is 16. The minimum absolute atomic E-state index is 0.734. The van der Waals surface area contributed by atoms with Gasteiger partial charge in [-0.2, -0.15) is 0 Å². The van der Waals surface area contributed by atoms with Crippen LogP contribution in [0.25, 0.3) is 0 Å². The van der Waals surface area contributed by atoms with Crippen LogP contribution in [0.15, 0.2) is 0 Å². The zero-order valence-electron chi connectivity index (χ0n) is 17.7. The van der Waals surface area contributed by atoms with Gasteiger partial charge in [0.1, 0.15) is 73.2 Å². The highest BCUT2D eigenvalue weighted by Crippen LogP contribution is 2.32. The van der Waals surface area contributed by atoms with Crippen molar-refractivity contribution in [2.45, 2.75) is 92.1 Å².